The normalized spacial score (nSPS) is 16.3. The van der Waals surface area contributed by atoms with Crippen LogP contribution in [0.5, 0.6) is 0 Å². The van der Waals surface area contributed by atoms with Crippen LogP contribution in [-0.2, 0) is 19.5 Å². The second-order valence-electron chi connectivity index (χ2n) is 7.16. The molecule has 3 rings (SSSR count). The topological polar surface area (TPSA) is 42.9 Å². The predicted molar refractivity (Wildman–Crippen MR) is 120 cm³/mol. The van der Waals surface area contributed by atoms with Crippen molar-refractivity contribution in [3.63, 3.8) is 0 Å². The molecule has 6 heteroatoms. The van der Waals surface area contributed by atoms with Gasteiger partial charge in [0.15, 0.2) is 5.96 Å². The third-order valence-electron chi connectivity index (χ3n) is 5.34. The van der Waals surface area contributed by atoms with Gasteiger partial charge in [0.25, 0.3) is 0 Å². The second kappa shape index (κ2) is 11.2. The summed E-state index contributed by atoms with van der Waals surface area (Å²) in [6.45, 7) is 10.8. The summed E-state index contributed by atoms with van der Waals surface area (Å²) in [4.78, 5) is 10.9. The van der Waals surface area contributed by atoms with Gasteiger partial charge in [0.1, 0.15) is 0 Å². The smallest absolute Gasteiger partial charge is 0.191 e. The summed E-state index contributed by atoms with van der Waals surface area (Å²) in [5, 5.41) is 9.02. The Hall–Kier alpha value is -1.89. The maximum Gasteiger partial charge on any atom is 0.191 e. The molecule has 1 aliphatic heterocycles. The van der Waals surface area contributed by atoms with Crippen LogP contribution in [0, 0.1) is 0 Å². The third kappa shape index (κ3) is 6.33. The fourth-order valence-electron chi connectivity index (χ4n) is 3.55. The SMILES string of the molecule is CCN1CCN(Cc2ccccc2CNC(=NC)NCCc2cccs2)CC1. The molecule has 5 nitrogen and oxygen atoms in total. The van der Waals surface area contributed by atoms with Gasteiger partial charge in [-0.05, 0) is 35.5 Å². The number of likely N-dealkylation sites (N-methyl/N-ethyl adjacent to an activating group) is 1. The molecule has 1 fully saturated rings. The molecule has 0 radical (unpaired) electrons. The summed E-state index contributed by atoms with van der Waals surface area (Å²) in [6.07, 6.45) is 1.03. The van der Waals surface area contributed by atoms with E-state index in [0.29, 0.717) is 0 Å². The molecule has 1 saturated heterocycles. The molecular weight excluding hydrogens is 366 g/mol. The molecule has 1 aromatic heterocycles. The Morgan fingerprint density at radius 3 is 2.43 bits per heavy atom. The van der Waals surface area contributed by atoms with Gasteiger partial charge in [-0.25, -0.2) is 0 Å². The van der Waals surface area contributed by atoms with Gasteiger partial charge in [-0.15, -0.1) is 11.3 Å². The van der Waals surface area contributed by atoms with Crippen LogP contribution in [-0.4, -0.2) is 62.1 Å². The molecule has 0 atom stereocenters. The van der Waals surface area contributed by atoms with Crippen LogP contribution < -0.4 is 10.6 Å². The van der Waals surface area contributed by atoms with Crippen molar-refractivity contribution in [2.45, 2.75) is 26.4 Å². The molecule has 0 amide bonds. The number of guanidine groups is 1. The molecule has 0 spiro atoms. The van der Waals surface area contributed by atoms with E-state index in [1.54, 1.807) is 11.3 Å². The second-order valence-corrected chi connectivity index (χ2v) is 8.19. The number of thiophene rings is 1. The highest BCUT2D eigenvalue weighted by molar-refractivity contribution is 7.09. The lowest BCUT2D eigenvalue weighted by Crippen LogP contribution is -2.45. The van der Waals surface area contributed by atoms with E-state index in [2.05, 4.69) is 74.1 Å². The van der Waals surface area contributed by atoms with Crippen molar-refractivity contribution in [2.75, 3.05) is 46.3 Å². The molecule has 152 valence electrons. The summed E-state index contributed by atoms with van der Waals surface area (Å²) in [6, 6.07) is 13.0. The summed E-state index contributed by atoms with van der Waals surface area (Å²) < 4.78 is 0. The van der Waals surface area contributed by atoms with Gasteiger partial charge < -0.3 is 15.5 Å². The van der Waals surface area contributed by atoms with E-state index in [9.17, 15) is 0 Å². The maximum absolute atomic E-state index is 4.37. The van der Waals surface area contributed by atoms with Crippen LogP contribution in [0.4, 0.5) is 0 Å². The average Bonchev–Trinajstić information content (AvgIpc) is 3.25. The van der Waals surface area contributed by atoms with E-state index in [1.165, 1.54) is 29.1 Å². The van der Waals surface area contributed by atoms with Crippen LogP contribution >= 0.6 is 11.3 Å². The highest BCUT2D eigenvalue weighted by atomic mass is 32.1. The van der Waals surface area contributed by atoms with Gasteiger partial charge in [0.2, 0.25) is 0 Å². The lowest BCUT2D eigenvalue weighted by atomic mass is 10.1. The first-order chi connectivity index (χ1) is 13.8. The minimum Gasteiger partial charge on any atom is -0.356 e. The summed E-state index contributed by atoms with van der Waals surface area (Å²) >= 11 is 1.80. The number of hydrogen-bond donors (Lipinski definition) is 2. The average molecular weight is 400 g/mol. The Balaban J connectivity index is 1.48. The summed E-state index contributed by atoms with van der Waals surface area (Å²) in [7, 11) is 1.83. The third-order valence-corrected chi connectivity index (χ3v) is 6.27. The highest BCUT2D eigenvalue weighted by Crippen LogP contribution is 2.13. The molecule has 2 N–H and O–H groups in total. The number of nitrogens with zero attached hydrogens (tertiary/aromatic N) is 3. The van der Waals surface area contributed by atoms with Crippen molar-refractivity contribution in [2.24, 2.45) is 4.99 Å². The minimum atomic E-state index is 0.795. The minimum absolute atomic E-state index is 0.795. The zero-order valence-corrected chi connectivity index (χ0v) is 18.0. The van der Waals surface area contributed by atoms with Crippen LogP contribution in [0.15, 0.2) is 46.8 Å². The summed E-state index contributed by atoms with van der Waals surface area (Å²) in [5.74, 6) is 0.864. The van der Waals surface area contributed by atoms with Crippen LogP contribution in [0.2, 0.25) is 0 Å². The van der Waals surface area contributed by atoms with Crippen molar-refractivity contribution in [1.29, 1.82) is 0 Å². The van der Waals surface area contributed by atoms with Gasteiger partial charge in [0.05, 0.1) is 0 Å². The monoisotopic (exact) mass is 399 g/mol. The van der Waals surface area contributed by atoms with Gasteiger partial charge in [-0.3, -0.25) is 9.89 Å². The Kier molecular flexibility index (Phi) is 8.33. The molecule has 2 heterocycles. The van der Waals surface area contributed by atoms with E-state index in [-0.39, 0.29) is 0 Å². The van der Waals surface area contributed by atoms with Crippen molar-refractivity contribution in [3.8, 4) is 0 Å². The zero-order chi connectivity index (χ0) is 19.6. The van der Waals surface area contributed by atoms with Crippen LogP contribution in [0.3, 0.4) is 0 Å². The molecule has 0 bridgehead atoms. The lowest BCUT2D eigenvalue weighted by molar-refractivity contribution is 0.131. The highest BCUT2D eigenvalue weighted by Gasteiger charge is 2.16. The molecule has 1 aliphatic rings. The number of hydrogen-bond acceptors (Lipinski definition) is 4. The number of rotatable bonds is 8. The molecule has 2 aromatic rings. The number of nitrogens with one attached hydrogen (secondary N) is 2. The van der Waals surface area contributed by atoms with E-state index < -0.39 is 0 Å². The van der Waals surface area contributed by atoms with Crippen LogP contribution in [0.1, 0.15) is 22.9 Å². The quantitative estimate of drug-likeness (QED) is 0.529. The Labute approximate surface area is 173 Å². The zero-order valence-electron chi connectivity index (χ0n) is 17.2. The molecule has 0 unspecified atom stereocenters. The number of piperazine rings is 1. The van der Waals surface area contributed by atoms with Crippen molar-refractivity contribution < 1.29 is 0 Å². The molecule has 0 aliphatic carbocycles. The van der Waals surface area contributed by atoms with Crippen LogP contribution in [0.25, 0.3) is 0 Å². The standard InChI is InChI=1S/C22H33N5S/c1-3-26-12-14-27(15-13-26)18-20-8-5-4-7-19(20)17-25-22(23-2)24-11-10-21-9-6-16-28-21/h4-9,16H,3,10-15,17-18H2,1-2H3,(H2,23,24,25). The lowest BCUT2D eigenvalue weighted by Gasteiger charge is -2.34. The van der Waals surface area contributed by atoms with E-state index >= 15 is 0 Å². The van der Waals surface area contributed by atoms with Gasteiger partial charge in [0, 0.05) is 57.7 Å². The predicted octanol–water partition coefficient (Wildman–Crippen LogP) is 2.79. The van der Waals surface area contributed by atoms with Gasteiger partial charge in [-0.2, -0.15) is 0 Å². The van der Waals surface area contributed by atoms with E-state index in [0.717, 1.165) is 51.6 Å². The van der Waals surface area contributed by atoms with Crippen molar-refractivity contribution in [3.05, 3.63) is 57.8 Å². The first-order valence-electron chi connectivity index (χ1n) is 10.3. The summed E-state index contributed by atoms with van der Waals surface area (Å²) in [5.41, 5.74) is 2.76. The Morgan fingerprint density at radius 1 is 1.00 bits per heavy atom. The van der Waals surface area contributed by atoms with Gasteiger partial charge in [-0.1, -0.05) is 37.3 Å². The molecule has 28 heavy (non-hydrogen) atoms. The van der Waals surface area contributed by atoms with Crippen molar-refractivity contribution in [1.82, 2.24) is 20.4 Å². The first-order valence-corrected chi connectivity index (χ1v) is 11.1. The molecular formula is C22H33N5S. The fourth-order valence-corrected chi connectivity index (χ4v) is 4.26. The van der Waals surface area contributed by atoms with Crippen molar-refractivity contribution >= 4 is 17.3 Å². The van der Waals surface area contributed by atoms with E-state index in [1.807, 2.05) is 7.05 Å². The fraction of sp³-hybridized carbons (Fsp3) is 0.500. The number of benzene rings is 1. The molecule has 0 saturated carbocycles. The Morgan fingerprint density at radius 2 is 1.75 bits per heavy atom. The largest absolute Gasteiger partial charge is 0.356 e. The first kappa shape index (κ1) is 20.8. The Bertz CT molecular complexity index is 720. The van der Waals surface area contributed by atoms with Gasteiger partial charge >= 0.3 is 0 Å². The molecule has 1 aromatic carbocycles. The number of aliphatic imine (C=N–C) groups is 1. The maximum atomic E-state index is 4.37. The van der Waals surface area contributed by atoms with E-state index in [4.69, 9.17) is 0 Å².